The van der Waals surface area contributed by atoms with Gasteiger partial charge in [-0.3, -0.25) is 14.5 Å². The third kappa shape index (κ3) is 2.87. The van der Waals surface area contributed by atoms with E-state index in [4.69, 9.17) is 0 Å². The van der Waals surface area contributed by atoms with Crippen LogP contribution in [0.2, 0.25) is 0 Å². The Bertz CT molecular complexity index is 907. The van der Waals surface area contributed by atoms with Gasteiger partial charge in [0.05, 0.1) is 17.3 Å². The van der Waals surface area contributed by atoms with Crippen LogP contribution in [0.15, 0.2) is 59.9 Å². The molecule has 1 amide bonds. The van der Waals surface area contributed by atoms with Crippen LogP contribution in [0.4, 0.5) is 14.5 Å². The number of halogens is 2. The summed E-state index contributed by atoms with van der Waals surface area (Å²) in [6.07, 6.45) is 0. The number of hydrogen-bond acceptors (Lipinski definition) is 3. The predicted molar refractivity (Wildman–Crippen MR) is 92.5 cm³/mol. The first-order valence-corrected chi connectivity index (χ1v) is 8.13. The molecule has 2 aromatic carbocycles. The van der Waals surface area contributed by atoms with Crippen molar-refractivity contribution < 1.29 is 23.5 Å². The average molecular weight is 357 g/mol. The van der Waals surface area contributed by atoms with Gasteiger partial charge in [0.2, 0.25) is 0 Å². The Morgan fingerprint density at radius 1 is 1.12 bits per heavy atom. The van der Waals surface area contributed by atoms with E-state index in [0.717, 1.165) is 23.1 Å². The summed E-state index contributed by atoms with van der Waals surface area (Å²) < 4.78 is 28.0. The van der Waals surface area contributed by atoms with E-state index >= 15 is 0 Å². The van der Waals surface area contributed by atoms with Gasteiger partial charge in [-0.2, -0.15) is 0 Å². The van der Waals surface area contributed by atoms with E-state index in [1.54, 1.807) is 44.2 Å². The summed E-state index contributed by atoms with van der Waals surface area (Å²) in [5, 5.41) is 10.4. The fraction of sp³-hybridized carbons (Fsp3) is 0.200. The van der Waals surface area contributed by atoms with Crippen molar-refractivity contribution in [3.8, 4) is 0 Å². The van der Waals surface area contributed by atoms with E-state index in [-0.39, 0.29) is 11.3 Å². The molecule has 134 valence electrons. The van der Waals surface area contributed by atoms with Crippen molar-refractivity contribution in [1.82, 2.24) is 0 Å². The molecule has 3 rings (SSSR count). The van der Waals surface area contributed by atoms with Gasteiger partial charge in [-0.15, -0.1) is 0 Å². The summed E-state index contributed by atoms with van der Waals surface area (Å²) in [6, 6.07) is 10.2. The SMILES string of the molecule is CC(C)C(=O)C1=C(O)C(=O)N(c2cc(F)ccc2F)C1c1ccccc1. The van der Waals surface area contributed by atoms with Gasteiger partial charge in [-0.25, -0.2) is 8.78 Å². The summed E-state index contributed by atoms with van der Waals surface area (Å²) in [4.78, 5) is 26.2. The van der Waals surface area contributed by atoms with Crippen molar-refractivity contribution in [3.63, 3.8) is 0 Å². The topological polar surface area (TPSA) is 57.6 Å². The molecule has 4 nitrogen and oxygen atoms in total. The van der Waals surface area contributed by atoms with Crippen LogP contribution in [0.3, 0.4) is 0 Å². The lowest BCUT2D eigenvalue weighted by Crippen LogP contribution is -2.32. The van der Waals surface area contributed by atoms with Crippen molar-refractivity contribution in [1.29, 1.82) is 0 Å². The van der Waals surface area contributed by atoms with Crippen LogP contribution in [0.25, 0.3) is 0 Å². The lowest BCUT2D eigenvalue weighted by atomic mass is 9.91. The van der Waals surface area contributed by atoms with Gasteiger partial charge in [-0.1, -0.05) is 44.2 Å². The molecule has 1 atom stereocenters. The van der Waals surface area contributed by atoms with Gasteiger partial charge in [0.1, 0.15) is 11.6 Å². The number of aliphatic hydroxyl groups excluding tert-OH is 1. The minimum atomic E-state index is -1.03. The molecule has 0 saturated carbocycles. The smallest absolute Gasteiger partial charge is 0.294 e. The van der Waals surface area contributed by atoms with E-state index in [1.807, 2.05) is 0 Å². The minimum Gasteiger partial charge on any atom is -0.503 e. The number of Topliss-reactive ketones (excluding diaryl/α,β-unsaturated/α-hetero) is 1. The lowest BCUT2D eigenvalue weighted by molar-refractivity contribution is -0.119. The molecule has 26 heavy (non-hydrogen) atoms. The highest BCUT2D eigenvalue weighted by atomic mass is 19.1. The van der Waals surface area contributed by atoms with E-state index in [0.29, 0.717) is 5.56 Å². The fourth-order valence-electron chi connectivity index (χ4n) is 3.04. The Kier molecular flexibility index (Phi) is 4.59. The molecule has 1 aliphatic rings. The molecule has 0 spiro atoms. The van der Waals surface area contributed by atoms with Crippen molar-refractivity contribution in [3.05, 3.63) is 77.1 Å². The normalized spacial score (nSPS) is 17.3. The highest BCUT2D eigenvalue weighted by molar-refractivity contribution is 6.16. The number of rotatable bonds is 4. The van der Waals surface area contributed by atoms with Crippen LogP contribution in [0.1, 0.15) is 25.5 Å². The van der Waals surface area contributed by atoms with E-state index in [2.05, 4.69) is 0 Å². The van der Waals surface area contributed by atoms with Gasteiger partial charge < -0.3 is 5.11 Å². The second-order valence-electron chi connectivity index (χ2n) is 6.37. The van der Waals surface area contributed by atoms with Crippen LogP contribution >= 0.6 is 0 Å². The molecular formula is C20H17F2NO3. The molecular weight excluding hydrogens is 340 g/mol. The Morgan fingerprint density at radius 2 is 1.77 bits per heavy atom. The highest BCUT2D eigenvalue weighted by Crippen LogP contribution is 2.42. The molecule has 0 fully saturated rings. The largest absolute Gasteiger partial charge is 0.503 e. The Balaban J connectivity index is 2.23. The van der Waals surface area contributed by atoms with E-state index < -0.39 is 41.0 Å². The van der Waals surface area contributed by atoms with Gasteiger partial charge in [-0.05, 0) is 17.7 Å². The zero-order chi connectivity index (χ0) is 19.0. The molecule has 1 N–H and O–H groups in total. The fourth-order valence-corrected chi connectivity index (χ4v) is 3.04. The second kappa shape index (κ2) is 6.71. The molecule has 1 unspecified atom stereocenters. The van der Waals surface area contributed by atoms with Crippen molar-refractivity contribution in [2.75, 3.05) is 4.90 Å². The molecule has 0 saturated heterocycles. The number of carbonyl (C=O) groups excluding carboxylic acids is 2. The summed E-state index contributed by atoms with van der Waals surface area (Å²) in [5.74, 6) is -4.14. The number of aliphatic hydroxyl groups is 1. The third-order valence-corrected chi connectivity index (χ3v) is 4.28. The molecule has 1 aliphatic heterocycles. The molecule has 1 heterocycles. The first-order valence-electron chi connectivity index (χ1n) is 8.13. The number of benzene rings is 2. The Morgan fingerprint density at radius 3 is 2.38 bits per heavy atom. The summed E-state index contributed by atoms with van der Waals surface area (Å²) in [7, 11) is 0. The first-order chi connectivity index (χ1) is 12.3. The molecule has 0 bridgehead atoms. The molecule has 0 radical (unpaired) electrons. The number of nitrogens with zero attached hydrogens (tertiary/aromatic N) is 1. The van der Waals surface area contributed by atoms with Crippen molar-refractivity contribution >= 4 is 17.4 Å². The van der Waals surface area contributed by atoms with E-state index in [1.165, 1.54) is 0 Å². The zero-order valence-corrected chi connectivity index (χ0v) is 14.2. The first kappa shape index (κ1) is 17.8. The average Bonchev–Trinajstić information content (AvgIpc) is 2.88. The minimum absolute atomic E-state index is 0.111. The number of anilines is 1. The monoisotopic (exact) mass is 357 g/mol. The van der Waals surface area contributed by atoms with Crippen LogP contribution in [-0.2, 0) is 9.59 Å². The molecule has 2 aromatic rings. The number of carbonyl (C=O) groups is 2. The molecule has 0 aromatic heterocycles. The third-order valence-electron chi connectivity index (χ3n) is 4.28. The predicted octanol–water partition coefficient (Wildman–Crippen LogP) is 4.09. The quantitative estimate of drug-likeness (QED) is 0.897. The van der Waals surface area contributed by atoms with Crippen LogP contribution in [-0.4, -0.2) is 16.8 Å². The maximum Gasteiger partial charge on any atom is 0.294 e. The summed E-state index contributed by atoms with van der Waals surface area (Å²) >= 11 is 0. The zero-order valence-electron chi connectivity index (χ0n) is 14.2. The maximum atomic E-state index is 14.4. The van der Waals surface area contributed by atoms with Gasteiger partial charge >= 0.3 is 0 Å². The standard InChI is InChI=1S/C20H17F2NO3/c1-11(2)18(24)16-17(12-6-4-3-5-7-12)23(20(26)19(16)25)15-10-13(21)8-9-14(15)22/h3-11,17,25H,1-2H3. The number of ketones is 1. The van der Waals surface area contributed by atoms with Crippen LogP contribution in [0.5, 0.6) is 0 Å². The Hall–Kier alpha value is -3.02. The van der Waals surface area contributed by atoms with Gasteiger partial charge in [0.15, 0.2) is 11.5 Å². The molecule has 0 aliphatic carbocycles. The van der Waals surface area contributed by atoms with Crippen molar-refractivity contribution in [2.45, 2.75) is 19.9 Å². The van der Waals surface area contributed by atoms with E-state index in [9.17, 15) is 23.5 Å². The van der Waals surface area contributed by atoms with Crippen LogP contribution < -0.4 is 4.90 Å². The summed E-state index contributed by atoms with van der Waals surface area (Å²) in [5.41, 5.74) is 0.0689. The lowest BCUT2D eigenvalue weighted by Gasteiger charge is -2.27. The molecule has 6 heteroatoms. The van der Waals surface area contributed by atoms with Crippen molar-refractivity contribution in [2.24, 2.45) is 5.92 Å². The second-order valence-corrected chi connectivity index (χ2v) is 6.37. The van der Waals surface area contributed by atoms with Crippen LogP contribution in [0, 0.1) is 17.6 Å². The van der Waals surface area contributed by atoms with Gasteiger partial charge in [0.25, 0.3) is 5.91 Å². The van der Waals surface area contributed by atoms with Gasteiger partial charge in [0, 0.05) is 12.0 Å². The number of hydrogen-bond donors (Lipinski definition) is 1. The maximum absolute atomic E-state index is 14.4. The number of amides is 1. The summed E-state index contributed by atoms with van der Waals surface area (Å²) in [6.45, 7) is 3.28. The highest BCUT2D eigenvalue weighted by Gasteiger charge is 2.45. The Labute approximate surface area is 149 Å².